The number of amides is 1. The number of rotatable bonds is 7. The Balaban J connectivity index is 2.05. The van der Waals surface area contributed by atoms with Crippen LogP contribution < -0.4 is 10.6 Å². The molecule has 122 valence electrons. The molecule has 0 aromatic heterocycles. The summed E-state index contributed by atoms with van der Waals surface area (Å²) in [6.45, 7) is 4.44. The molecule has 2 rings (SSSR count). The van der Waals surface area contributed by atoms with E-state index in [1.54, 1.807) is 6.07 Å². The third-order valence-electron chi connectivity index (χ3n) is 3.79. The molecule has 0 bridgehead atoms. The maximum atomic E-state index is 11.9. The first-order chi connectivity index (χ1) is 11.1. The zero-order valence-corrected chi connectivity index (χ0v) is 13.7. The fraction of sp³-hybridized carbons (Fsp3) is 0.316. The number of benzene rings is 2. The monoisotopic (exact) mass is 312 g/mol. The van der Waals surface area contributed by atoms with Crippen LogP contribution >= 0.6 is 0 Å². The maximum absolute atomic E-state index is 11.9. The Labute approximate surface area is 137 Å². The number of hydrogen-bond acceptors (Lipinski definition) is 3. The predicted octanol–water partition coefficient (Wildman–Crippen LogP) is 3.14. The van der Waals surface area contributed by atoms with Gasteiger partial charge in [-0.25, -0.2) is 0 Å². The van der Waals surface area contributed by atoms with Gasteiger partial charge in [0.25, 0.3) is 5.91 Å². The van der Waals surface area contributed by atoms with Crippen LogP contribution in [0.15, 0.2) is 48.5 Å². The van der Waals surface area contributed by atoms with Crippen molar-refractivity contribution in [1.82, 2.24) is 5.32 Å². The van der Waals surface area contributed by atoms with Crippen molar-refractivity contribution in [2.45, 2.75) is 26.3 Å². The largest absolute Gasteiger partial charge is 0.395 e. The molecule has 1 unspecified atom stereocenters. The molecule has 3 N–H and O–H groups in total. The molecule has 1 atom stereocenters. The zero-order valence-electron chi connectivity index (χ0n) is 13.7. The number of hydrogen-bond donors (Lipinski definition) is 3. The Bertz CT molecular complexity index is 638. The Kier molecular flexibility index (Phi) is 6.18. The van der Waals surface area contributed by atoms with E-state index in [4.69, 9.17) is 5.11 Å². The smallest absolute Gasteiger partial charge is 0.251 e. The summed E-state index contributed by atoms with van der Waals surface area (Å²) in [6, 6.07) is 16.1. The lowest BCUT2D eigenvalue weighted by atomic mass is 10.0. The van der Waals surface area contributed by atoms with Gasteiger partial charge in [0.2, 0.25) is 0 Å². The molecule has 0 radical (unpaired) electrons. The Morgan fingerprint density at radius 3 is 2.57 bits per heavy atom. The number of carbonyl (C=O) groups is 1. The fourth-order valence-electron chi connectivity index (χ4n) is 2.40. The number of aliphatic hydroxyl groups is 1. The van der Waals surface area contributed by atoms with Gasteiger partial charge >= 0.3 is 0 Å². The molecular formula is C19H24N2O2. The molecule has 4 heteroatoms. The van der Waals surface area contributed by atoms with E-state index >= 15 is 0 Å². The average molecular weight is 312 g/mol. The van der Waals surface area contributed by atoms with Gasteiger partial charge < -0.3 is 15.7 Å². The maximum Gasteiger partial charge on any atom is 0.251 e. The van der Waals surface area contributed by atoms with Crippen molar-refractivity contribution in [2.75, 3.05) is 18.5 Å². The van der Waals surface area contributed by atoms with Crippen LogP contribution in [0.4, 0.5) is 5.69 Å². The van der Waals surface area contributed by atoms with Gasteiger partial charge in [0.15, 0.2) is 0 Å². The summed E-state index contributed by atoms with van der Waals surface area (Å²) in [5, 5.41) is 14.8. The molecule has 0 fully saturated rings. The summed E-state index contributed by atoms with van der Waals surface area (Å²) in [5.74, 6) is -0.178. The van der Waals surface area contributed by atoms with Gasteiger partial charge in [-0.2, -0.15) is 0 Å². The minimum absolute atomic E-state index is 0.0610. The van der Waals surface area contributed by atoms with Gasteiger partial charge in [0.1, 0.15) is 0 Å². The van der Waals surface area contributed by atoms with E-state index < -0.39 is 0 Å². The van der Waals surface area contributed by atoms with Crippen molar-refractivity contribution in [3.63, 3.8) is 0 Å². The van der Waals surface area contributed by atoms with Gasteiger partial charge in [0, 0.05) is 23.8 Å². The van der Waals surface area contributed by atoms with E-state index in [-0.39, 0.29) is 25.1 Å². The zero-order chi connectivity index (χ0) is 16.7. The summed E-state index contributed by atoms with van der Waals surface area (Å²) in [7, 11) is 0. The molecule has 4 nitrogen and oxygen atoms in total. The lowest BCUT2D eigenvalue weighted by Crippen LogP contribution is -2.26. The number of aryl methyl sites for hydroxylation is 1. The van der Waals surface area contributed by atoms with Gasteiger partial charge in [-0.3, -0.25) is 4.79 Å². The lowest BCUT2D eigenvalue weighted by molar-refractivity contribution is 0.0945. The number of anilines is 1. The highest BCUT2D eigenvalue weighted by atomic mass is 16.3. The van der Waals surface area contributed by atoms with Crippen LogP contribution in [0.3, 0.4) is 0 Å². The Morgan fingerprint density at radius 2 is 1.91 bits per heavy atom. The van der Waals surface area contributed by atoms with Crippen molar-refractivity contribution >= 4 is 11.6 Å². The predicted molar refractivity (Wildman–Crippen MR) is 93.7 cm³/mol. The second-order valence-corrected chi connectivity index (χ2v) is 5.52. The first-order valence-corrected chi connectivity index (χ1v) is 7.98. The summed E-state index contributed by atoms with van der Waals surface area (Å²) in [6.07, 6.45) is 1.03. The number of aliphatic hydroxyl groups excluding tert-OH is 1. The van der Waals surface area contributed by atoms with Crippen molar-refractivity contribution < 1.29 is 9.90 Å². The summed E-state index contributed by atoms with van der Waals surface area (Å²) in [5.41, 5.74) is 4.01. The van der Waals surface area contributed by atoms with Crippen LogP contribution in [-0.2, 0) is 6.42 Å². The molecule has 0 spiro atoms. The minimum atomic E-state index is -0.178. The van der Waals surface area contributed by atoms with Crippen molar-refractivity contribution in [1.29, 1.82) is 0 Å². The molecular weight excluding hydrogens is 288 g/mol. The topological polar surface area (TPSA) is 61.4 Å². The standard InChI is InChI=1S/C19H24N2O2/c1-3-15-7-9-16(10-8-15)14(2)21-18-6-4-5-17(13-18)19(23)20-11-12-22/h4-10,13-14,21-22H,3,11-12H2,1-2H3,(H,20,23). The SMILES string of the molecule is CCc1ccc(C(C)Nc2cccc(C(=O)NCCO)c2)cc1. The van der Waals surface area contributed by atoms with Crippen LogP contribution in [0.25, 0.3) is 0 Å². The van der Waals surface area contributed by atoms with Gasteiger partial charge in [-0.15, -0.1) is 0 Å². The second-order valence-electron chi connectivity index (χ2n) is 5.52. The van der Waals surface area contributed by atoms with Crippen molar-refractivity contribution in [3.05, 3.63) is 65.2 Å². The normalized spacial score (nSPS) is 11.8. The second kappa shape index (κ2) is 8.34. The van der Waals surface area contributed by atoms with E-state index in [0.717, 1.165) is 12.1 Å². The molecule has 23 heavy (non-hydrogen) atoms. The third-order valence-corrected chi connectivity index (χ3v) is 3.79. The molecule has 0 heterocycles. The van der Waals surface area contributed by atoms with Crippen LogP contribution in [-0.4, -0.2) is 24.2 Å². The van der Waals surface area contributed by atoms with Crippen LogP contribution in [0.1, 0.15) is 41.4 Å². The van der Waals surface area contributed by atoms with E-state index in [1.165, 1.54) is 11.1 Å². The molecule has 1 amide bonds. The van der Waals surface area contributed by atoms with Crippen LogP contribution in [0, 0.1) is 0 Å². The van der Waals surface area contributed by atoms with Gasteiger partial charge in [-0.1, -0.05) is 37.3 Å². The first-order valence-electron chi connectivity index (χ1n) is 7.98. The highest BCUT2D eigenvalue weighted by Gasteiger charge is 2.08. The summed E-state index contributed by atoms with van der Waals surface area (Å²) < 4.78 is 0. The Hall–Kier alpha value is -2.33. The van der Waals surface area contributed by atoms with E-state index in [0.29, 0.717) is 5.56 Å². The highest BCUT2D eigenvalue weighted by molar-refractivity contribution is 5.95. The van der Waals surface area contributed by atoms with Crippen LogP contribution in [0.2, 0.25) is 0 Å². The lowest BCUT2D eigenvalue weighted by Gasteiger charge is -2.17. The third kappa shape index (κ3) is 4.83. The quantitative estimate of drug-likeness (QED) is 0.736. The molecule has 0 saturated heterocycles. The minimum Gasteiger partial charge on any atom is -0.395 e. The first kappa shape index (κ1) is 17.0. The Morgan fingerprint density at radius 1 is 1.17 bits per heavy atom. The van der Waals surface area contributed by atoms with Crippen molar-refractivity contribution in [2.24, 2.45) is 0 Å². The van der Waals surface area contributed by atoms with Crippen molar-refractivity contribution in [3.8, 4) is 0 Å². The molecule has 0 saturated carbocycles. The number of nitrogens with one attached hydrogen (secondary N) is 2. The van der Waals surface area contributed by atoms with E-state index in [2.05, 4.69) is 48.7 Å². The highest BCUT2D eigenvalue weighted by Crippen LogP contribution is 2.20. The molecule has 2 aromatic rings. The fourth-order valence-corrected chi connectivity index (χ4v) is 2.40. The molecule has 0 aliphatic heterocycles. The number of carbonyl (C=O) groups excluding carboxylic acids is 1. The molecule has 0 aliphatic rings. The average Bonchev–Trinajstić information content (AvgIpc) is 2.60. The van der Waals surface area contributed by atoms with Gasteiger partial charge in [-0.05, 0) is 42.7 Å². The summed E-state index contributed by atoms with van der Waals surface area (Å²) >= 11 is 0. The van der Waals surface area contributed by atoms with Gasteiger partial charge in [0.05, 0.1) is 6.61 Å². The van der Waals surface area contributed by atoms with Crippen LogP contribution in [0.5, 0.6) is 0 Å². The van der Waals surface area contributed by atoms with E-state index in [9.17, 15) is 4.79 Å². The summed E-state index contributed by atoms with van der Waals surface area (Å²) in [4.78, 5) is 11.9. The van der Waals surface area contributed by atoms with E-state index in [1.807, 2.05) is 18.2 Å². The molecule has 0 aliphatic carbocycles. The molecule has 2 aromatic carbocycles.